The van der Waals surface area contributed by atoms with Crippen LogP contribution in [-0.4, -0.2) is 49.7 Å². The maximum Gasteiger partial charge on any atom is 0.363 e. The van der Waals surface area contributed by atoms with Crippen LogP contribution in [0.25, 0.3) is 0 Å². The van der Waals surface area contributed by atoms with Crippen LogP contribution in [0.1, 0.15) is 15.9 Å². The number of methoxy groups -OCH3 is 2. The molecule has 0 unspecified atom stereocenters. The van der Waals surface area contributed by atoms with Crippen molar-refractivity contribution in [3.63, 3.8) is 0 Å². The normalized spacial score (nSPS) is 10.8. The molecule has 28 heavy (non-hydrogen) atoms. The Morgan fingerprint density at radius 3 is 2.29 bits per heavy atom. The molecule has 150 valence electrons. The molecule has 13 heteroatoms. The summed E-state index contributed by atoms with van der Waals surface area (Å²) in [7, 11) is -1.88. The molecule has 3 N–H and O–H groups in total. The Morgan fingerprint density at radius 1 is 1.11 bits per heavy atom. The van der Waals surface area contributed by atoms with E-state index in [0.717, 1.165) is 0 Å². The van der Waals surface area contributed by atoms with Crippen LogP contribution in [0, 0.1) is 0 Å². The summed E-state index contributed by atoms with van der Waals surface area (Å²) in [5, 5.41) is 11.2. The van der Waals surface area contributed by atoms with E-state index in [4.69, 9.17) is 14.6 Å². The van der Waals surface area contributed by atoms with Crippen LogP contribution in [-0.2, 0) is 21.1 Å². The summed E-state index contributed by atoms with van der Waals surface area (Å²) in [4.78, 5) is 30.6. The Morgan fingerprint density at radius 2 is 1.71 bits per heavy atom. The Hall–Kier alpha value is -3.45. The summed E-state index contributed by atoms with van der Waals surface area (Å²) in [5.41, 5.74) is -0.0133. The van der Waals surface area contributed by atoms with Crippen LogP contribution < -0.4 is 19.5 Å². The van der Waals surface area contributed by atoms with Crippen molar-refractivity contribution in [1.29, 1.82) is 0 Å². The Kier molecular flexibility index (Phi) is 6.68. The molecule has 0 aliphatic rings. The van der Waals surface area contributed by atoms with Crippen LogP contribution in [0.3, 0.4) is 0 Å². The van der Waals surface area contributed by atoms with E-state index in [1.54, 1.807) is 4.72 Å². The standard InChI is InChI=1S/C15H16N4O8S/c1-25-11-7-12(26-2)17-14(16-11)18-15(22)19-28(23,24)27-8-9-5-3-4-6-10(9)13(20)21/h3-7H,8H2,1-2H3,(H,20,21)(H2,16,17,18,19,22). The molecule has 0 spiro atoms. The van der Waals surface area contributed by atoms with Gasteiger partial charge in [-0.1, -0.05) is 18.2 Å². The molecule has 2 rings (SSSR count). The average Bonchev–Trinajstić information content (AvgIpc) is 2.65. The molecular weight excluding hydrogens is 396 g/mol. The summed E-state index contributed by atoms with van der Waals surface area (Å²) in [5.74, 6) is -1.37. The first kappa shape index (κ1) is 20.9. The summed E-state index contributed by atoms with van der Waals surface area (Å²) >= 11 is 0. The van der Waals surface area contributed by atoms with Crippen molar-refractivity contribution < 1.29 is 36.8 Å². The molecular formula is C15H16N4O8S. The third kappa shape index (κ3) is 5.78. The SMILES string of the molecule is COc1cc(OC)nc(NC(=O)NS(=O)(=O)OCc2ccccc2C(=O)O)n1. The van der Waals surface area contributed by atoms with Crippen LogP contribution in [0.5, 0.6) is 11.8 Å². The van der Waals surface area contributed by atoms with Crippen LogP contribution in [0.4, 0.5) is 10.7 Å². The van der Waals surface area contributed by atoms with Gasteiger partial charge in [-0.25, -0.2) is 18.5 Å². The number of aromatic carboxylic acids is 1. The zero-order valence-electron chi connectivity index (χ0n) is 14.7. The van der Waals surface area contributed by atoms with Crippen molar-refractivity contribution in [2.24, 2.45) is 0 Å². The van der Waals surface area contributed by atoms with Crippen molar-refractivity contribution in [3.05, 3.63) is 41.5 Å². The Bertz CT molecular complexity index is 958. The number of hydrogen-bond acceptors (Lipinski definition) is 9. The molecule has 0 bridgehead atoms. The third-order valence-corrected chi connectivity index (χ3v) is 4.02. The molecule has 0 radical (unpaired) electrons. The van der Waals surface area contributed by atoms with Crippen LogP contribution in [0.15, 0.2) is 30.3 Å². The summed E-state index contributed by atoms with van der Waals surface area (Å²) in [6, 6.07) is 5.82. The van der Waals surface area contributed by atoms with Gasteiger partial charge in [0.1, 0.15) is 0 Å². The van der Waals surface area contributed by atoms with Gasteiger partial charge in [0.05, 0.1) is 32.5 Å². The number of urea groups is 1. The number of hydrogen-bond donors (Lipinski definition) is 3. The molecule has 0 atom stereocenters. The molecule has 0 fully saturated rings. The lowest BCUT2D eigenvalue weighted by Crippen LogP contribution is -2.36. The molecule has 0 saturated carbocycles. The van der Waals surface area contributed by atoms with Crippen molar-refractivity contribution in [1.82, 2.24) is 14.7 Å². The van der Waals surface area contributed by atoms with E-state index in [9.17, 15) is 18.0 Å². The monoisotopic (exact) mass is 412 g/mol. The van der Waals surface area contributed by atoms with Gasteiger partial charge in [-0.05, 0) is 11.6 Å². The molecule has 0 aliphatic carbocycles. The van der Waals surface area contributed by atoms with Gasteiger partial charge in [0.15, 0.2) is 0 Å². The van der Waals surface area contributed by atoms with Crippen molar-refractivity contribution >= 4 is 28.3 Å². The van der Waals surface area contributed by atoms with E-state index in [1.165, 1.54) is 44.6 Å². The van der Waals surface area contributed by atoms with Gasteiger partial charge in [-0.2, -0.15) is 18.4 Å². The van der Waals surface area contributed by atoms with Crippen molar-refractivity contribution in [2.45, 2.75) is 6.61 Å². The zero-order chi connectivity index (χ0) is 20.7. The lowest BCUT2D eigenvalue weighted by molar-refractivity contribution is 0.0693. The highest BCUT2D eigenvalue weighted by molar-refractivity contribution is 7.85. The number of carbonyl (C=O) groups excluding carboxylic acids is 1. The highest BCUT2D eigenvalue weighted by Gasteiger charge is 2.19. The predicted octanol–water partition coefficient (Wildman–Crippen LogP) is 0.775. The summed E-state index contributed by atoms with van der Waals surface area (Å²) in [6.07, 6.45) is 0. The van der Waals surface area contributed by atoms with Gasteiger partial charge < -0.3 is 14.6 Å². The van der Waals surface area contributed by atoms with E-state index >= 15 is 0 Å². The molecule has 0 aliphatic heterocycles. The smallest absolute Gasteiger partial charge is 0.363 e. The lowest BCUT2D eigenvalue weighted by Gasteiger charge is -2.10. The maximum atomic E-state index is 11.9. The Labute approximate surface area is 159 Å². The number of anilines is 1. The van der Waals surface area contributed by atoms with Gasteiger partial charge in [0.2, 0.25) is 17.7 Å². The fourth-order valence-corrected chi connectivity index (χ4v) is 2.55. The zero-order valence-corrected chi connectivity index (χ0v) is 15.5. The minimum atomic E-state index is -4.55. The van der Waals surface area contributed by atoms with Crippen LogP contribution >= 0.6 is 0 Å². The Balaban J connectivity index is 2.02. The second-order valence-corrected chi connectivity index (χ2v) is 6.36. The summed E-state index contributed by atoms with van der Waals surface area (Å²) in [6.45, 7) is -0.589. The first-order valence-electron chi connectivity index (χ1n) is 7.50. The highest BCUT2D eigenvalue weighted by Crippen LogP contribution is 2.17. The minimum absolute atomic E-state index is 0.0755. The average molecular weight is 412 g/mol. The van der Waals surface area contributed by atoms with E-state index in [0.29, 0.717) is 0 Å². The molecule has 0 saturated heterocycles. The number of carbonyl (C=O) groups is 2. The number of rotatable bonds is 8. The maximum absolute atomic E-state index is 11.9. The predicted molar refractivity (Wildman–Crippen MR) is 94.4 cm³/mol. The number of carboxylic acid groups (broad SMARTS) is 1. The largest absolute Gasteiger partial charge is 0.481 e. The number of ether oxygens (including phenoxy) is 2. The number of nitrogens with zero attached hydrogens (tertiary/aromatic N) is 2. The second kappa shape index (κ2) is 8.96. The van der Waals surface area contributed by atoms with E-state index in [-0.39, 0.29) is 28.8 Å². The highest BCUT2D eigenvalue weighted by atomic mass is 32.2. The number of amides is 2. The molecule has 1 heterocycles. The molecule has 1 aromatic carbocycles. The van der Waals surface area contributed by atoms with Crippen molar-refractivity contribution in [2.75, 3.05) is 19.5 Å². The van der Waals surface area contributed by atoms with Gasteiger partial charge >= 0.3 is 22.3 Å². The number of nitrogens with one attached hydrogen (secondary N) is 2. The minimum Gasteiger partial charge on any atom is -0.481 e. The quantitative estimate of drug-likeness (QED) is 0.563. The lowest BCUT2D eigenvalue weighted by atomic mass is 10.1. The van der Waals surface area contributed by atoms with E-state index in [2.05, 4.69) is 19.5 Å². The topological polar surface area (TPSA) is 166 Å². The van der Waals surface area contributed by atoms with Gasteiger partial charge in [0, 0.05) is 0 Å². The van der Waals surface area contributed by atoms with Gasteiger partial charge in [-0.3, -0.25) is 5.32 Å². The first-order valence-corrected chi connectivity index (χ1v) is 8.91. The summed E-state index contributed by atoms with van der Waals surface area (Å²) < 4.78 is 39.8. The number of benzene rings is 1. The number of aromatic nitrogens is 2. The van der Waals surface area contributed by atoms with Gasteiger partial charge in [-0.15, -0.1) is 0 Å². The molecule has 1 aromatic heterocycles. The molecule has 2 aromatic rings. The number of carboxylic acids is 1. The fraction of sp³-hybridized carbons (Fsp3) is 0.200. The second-order valence-electron chi connectivity index (χ2n) is 5.01. The molecule has 12 nitrogen and oxygen atoms in total. The van der Waals surface area contributed by atoms with E-state index in [1.807, 2.05) is 0 Å². The van der Waals surface area contributed by atoms with Gasteiger partial charge in [0.25, 0.3) is 0 Å². The first-order chi connectivity index (χ1) is 13.2. The van der Waals surface area contributed by atoms with E-state index < -0.39 is 28.9 Å². The third-order valence-electron chi connectivity index (χ3n) is 3.16. The van der Waals surface area contributed by atoms with Crippen molar-refractivity contribution in [3.8, 4) is 11.8 Å². The fourth-order valence-electron chi connectivity index (χ4n) is 1.93. The molecule has 2 amide bonds. The van der Waals surface area contributed by atoms with Crippen LogP contribution in [0.2, 0.25) is 0 Å².